The maximum atomic E-state index is 9.33. The van der Waals surface area contributed by atoms with Crippen LogP contribution in [0.4, 0.5) is 11.5 Å². The van der Waals surface area contributed by atoms with Crippen molar-refractivity contribution in [2.75, 3.05) is 30.3 Å². The van der Waals surface area contributed by atoms with Crippen LogP contribution in [0.15, 0.2) is 0 Å². The number of aliphatic hydroxyl groups excluding tert-OH is 1. The zero-order chi connectivity index (χ0) is 13.3. The number of hydrogen-bond acceptors (Lipinski definition) is 4. The molecule has 1 saturated heterocycles. The highest BCUT2D eigenvalue weighted by Crippen LogP contribution is 2.32. The summed E-state index contributed by atoms with van der Waals surface area (Å²) in [5, 5.41) is 13.9. The minimum atomic E-state index is 0.255. The van der Waals surface area contributed by atoms with Gasteiger partial charge in [-0.25, -0.2) is 4.68 Å². The summed E-state index contributed by atoms with van der Waals surface area (Å²) in [5.41, 5.74) is 7.84. The van der Waals surface area contributed by atoms with Gasteiger partial charge in [-0.05, 0) is 39.5 Å². The molecule has 3 N–H and O–H groups in total. The summed E-state index contributed by atoms with van der Waals surface area (Å²) in [6.07, 6.45) is 2.20. The van der Waals surface area contributed by atoms with Crippen molar-refractivity contribution < 1.29 is 5.11 Å². The maximum Gasteiger partial charge on any atom is 0.150 e. The van der Waals surface area contributed by atoms with Gasteiger partial charge in [0.2, 0.25) is 0 Å². The summed E-state index contributed by atoms with van der Waals surface area (Å²) in [6.45, 7) is 8.30. The van der Waals surface area contributed by atoms with Crippen molar-refractivity contribution in [3.05, 3.63) is 5.69 Å². The third-order valence-corrected chi connectivity index (χ3v) is 3.67. The monoisotopic (exact) mass is 252 g/mol. The average Bonchev–Trinajstić information content (AvgIpc) is 2.66. The number of piperidine rings is 1. The third-order valence-electron chi connectivity index (χ3n) is 3.67. The lowest BCUT2D eigenvalue weighted by atomic mass is 9.99. The molecule has 0 spiro atoms. The zero-order valence-corrected chi connectivity index (χ0v) is 11.6. The van der Waals surface area contributed by atoms with E-state index >= 15 is 0 Å². The van der Waals surface area contributed by atoms with Crippen LogP contribution in [0.3, 0.4) is 0 Å². The van der Waals surface area contributed by atoms with E-state index in [1.54, 1.807) is 0 Å². The van der Waals surface area contributed by atoms with Crippen LogP contribution in [0, 0.1) is 12.8 Å². The van der Waals surface area contributed by atoms with E-state index in [4.69, 9.17) is 5.73 Å². The fourth-order valence-corrected chi connectivity index (χ4v) is 2.63. The van der Waals surface area contributed by atoms with Crippen molar-refractivity contribution in [3.63, 3.8) is 0 Å². The predicted molar refractivity (Wildman–Crippen MR) is 73.8 cm³/mol. The van der Waals surface area contributed by atoms with Gasteiger partial charge >= 0.3 is 0 Å². The molecule has 0 amide bonds. The smallest absolute Gasteiger partial charge is 0.150 e. The molecular formula is C13H24N4O. The molecule has 5 nitrogen and oxygen atoms in total. The summed E-state index contributed by atoms with van der Waals surface area (Å²) in [7, 11) is 0. The van der Waals surface area contributed by atoms with Crippen LogP contribution >= 0.6 is 0 Å². The van der Waals surface area contributed by atoms with E-state index in [1.807, 2.05) is 11.6 Å². The van der Waals surface area contributed by atoms with Gasteiger partial charge in [0.25, 0.3) is 0 Å². The molecular weight excluding hydrogens is 228 g/mol. The molecule has 1 aromatic heterocycles. The molecule has 18 heavy (non-hydrogen) atoms. The first-order valence-corrected chi connectivity index (χ1v) is 6.75. The highest BCUT2D eigenvalue weighted by atomic mass is 16.3. The van der Waals surface area contributed by atoms with Crippen molar-refractivity contribution >= 4 is 11.5 Å². The van der Waals surface area contributed by atoms with Gasteiger partial charge in [-0.3, -0.25) is 0 Å². The first-order valence-electron chi connectivity index (χ1n) is 6.75. The summed E-state index contributed by atoms with van der Waals surface area (Å²) in [4.78, 5) is 2.28. The van der Waals surface area contributed by atoms with Gasteiger partial charge in [-0.2, -0.15) is 5.10 Å². The normalized spacial score (nSPS) is 20.7. The minimum Gasteiger partial charge on any atom is -0.396 e. The summed E-state index contributed by atoms with van der Waals surface area (Å²) in [6, 6.07) is 0.297. The number of anilines is 2. The minimum absolute atomic E-state index is 0.255. The Morgan fingerprint density at radius 3 is 2.83 bits per heavy atom. The number of aryl methyl sites for hydroxylation is 1. The lowest BCUT2D eigenvalue weighted by Gasteiger charge is -2.34. The SMILES string of the molecule is Cc1nn(C(C)C)c(N2CCCC(CO)C2)c1N. The maximum absolute atomic E-state index is 9.33. The van der Waals surface area contributed by atoms with Crippen LogP contribution < -0.4 is 10.6 Å². The molecule has 2 rings (SSSR count). The molecule has 1 atom stereocenters. The first kappa shape index (κ1) is 13.2. The quantitative estimate of drug-likeness (QED) is 0.856. The van der Waals surface area contributed by atoms with Gasteiger partial charge in [0.05, 0.1) is 11.4 Å². The average molecular weight is 252 g/mol. The van der Waals surface area contributed by atoms with Crippen molar-refractivity contribution in [3.8, 4) is 0 Å². The Kier molecular flexibility index (Phi) is 3.80. The van der Waals surface area contributed by atoms with Gasteiger partial charge in [-0.15, -0.1) is 0 Å². The molecule has 0 aromatic carbocycles. The molecule has 102 valence electrons. The molecule has 1 aliphatic rings. The van der Waals surface area contributed by atoms with E-state index in [0.29, 0.717) is 12.0 Å². The predicted octanol–water partition coefficient (Wildman–Crippen LogP) is 1.56. The number of nitrogens with two attached hydrogens (primary N) is 1. The summed E-state index contributed by atoms with van der Waals surface area (Å²) < 4.78 is 2.00. The Morgan fingerprint density at radius 2 is 2.22 bits per heavy atom. The van der Waals surface area contributed by atoms with Gasteiger partial charge in [0.15, 0.2) is 5.82 Å². The van der Waals surface area contributed by atoms with E-state index in [9.17, 15) is 5.11 Å². The Balaban J connectivity index is 2.31. The fraction of sp³-hybridized carbons (Fsp3) is 0.769. The van der Waals surface area contributed by atoms with Crippen LogP contribution in [0.1, 0.15) is 38.4 Å². The highest BCUT2D eigenvalue weighted by Gasteiger charge is 2.25. The molecule has 2 heterocycles. The van der Waals surface area contributed by atoms with E-state index in [-0.39, 0.29) is 6.61 Å². The lowest BCUT2D eigenvalue weighted by Crippen LogP contribution is -2.38. The number of nitrogens with zero attached hydrogens (tertiary/aromatic N) is 3. The largest absolute Gasteiger partial charge is 0.396 e. The van der Waals surface area contributed by atoms with Crippen LogP contribution in [0.5, 0.6) is 0 Å². The Labute approximate surface area is 109 Å². The fourth-order valence-electron chi connectivity index (χ4n) is 2.63. The molecule has 0 radical (unpaired) electrons. The van der Waals surface area contributed by atoms with Gasteiger partial charge in [0, 0.05) is 25.7 Å². The molecule has 0 aliphatic carbocycles. The molecule has 1 aromatic rings. The summed E-state index contributed by atoms with van der Waals surface area (Å²) >= 11 is 0. The number of hydrogen-bond donors (Lipinski definition) is 2. The topological polar surface area (TPSA) is 67.3 Å². The van der Waals surface area contributed by atoms with Crippen molar-refractivity contribution in [2.24, 2.45) is 5.92 Å². The number of rotatable bonds is 3. The number of nitrogen functional groups attached to an aromatic ring is 1. The summed E-state index contributed by atoms with van der Waals surface area (Å²) in [5.74, 6) is 1.38. The molecule has 1 fully saturated rings. The molecule has 1 aliphatic heterocycles. The molecule has 0 saturated carbocycles. The van der Waals surface area contributed by atoms with Crippen molar-refractivity contribution in [1.29, 1.82) is 0 Å². The van der Waals surface area contributed by atoms with Gasteiger partial charge in [0.1, 0.15) is 0 Å². The number of aliphatic hydroxyl groups is 1. The second kappa shape index (κ2) is 5.18. The second-order valence-electron chi connectivity index (χ2n) is 5.50. The standard InChI is InChI=1S/C13H24N4O/c1-9(2)17-13(12(14)10(3)15-17)16-6-4-5-11(7-16)8-18/h9,11,18H,4-8,14H2,1-3H3. The van der Waals surface area contributed by atoms with Crippen LogP contribution in [-0.2, 0) is 0 Å². The zero-order valence-electron chi connectivity index (χ0n) is 11.6. The Bertz CT molecular complexity index is 413. The van der Waals surface area contributed by atoms with E-state index in [1.165, 1.54) is 0 Å². The molecule has 0 bridgehead atoms. The lowest BCUT2D eigenvalue weighted by molar-refractivity contribution is 0.208. The Hall–Kier alpha value is -1.23. The van der Waals surface area contributed by atoms with E-state index in [2.05, 4.69) is 23.8 Å². The highest BCUT2D eigenvalue weighted by molar-refractivity contribution is 5.66. The molecule has 5 heteroatoms. The third kappa shape index (κ3) is 2.32. The van der Waals surface area contributed by atoms with Crippen LogP contribution in [0.25, 0.3) is 0 Å². The first-order chi connectivity index (χ1) is 8.54. The van der Waals surface area contributed by atoms with E-state index < -0.39 is 0 Å². The molecule has 1 unspecified atom stereocenters. The second-order valence-corrected chi connectivity index (χ2v) is 5.50. The Morgan fingerprint density at radius 1 is 1.50 bits per heavy atom. The van der Waals surface area contributed by atoms with Gasteiger partial charge in [-0.1, -0.05) is 0 Å². The van der Waals surface area contributed by atoms with Crippen LogP contribution in [0.2, 0.25) is 0 Å². The van der Waals surface area contributed by atoms with Gasteiger partial charge < -0.3 is 15.7 Å². The van der Waals surface area contributed by atoms with Crippen molar-refractivity contribution in [1.82, 2.24) is 9.78 Å². The number of aromatic nitrogens is 2. The van der Waals surface area contributed by atoms with Crippen LogP contribution in [-0.4, -0.2) is 34.6 Å². The van der Waals surface area contributed by atoms with E-state index in [0.717, 1.165) is 43.1 Å². The van der Waals surface area contributed by atoms with Crippen molar-refractivity contribution in [2.45, 2.75) is 39.7 Å².